The van der Waals surface area contributed by atoms with Gasteiger partial charge in [0.05, 0.1) is 11.5 Å². The van der Waals surface area contributed by atoms with Gasteiger partial charge in [-0.2, -0.15) is 0 Å². The molecule has 0 radical (unpaired) electrons. The lowest BCUT2D eigenvalue weighted by atomic mass is 10.2. The molecule has 1 aromatic carbocycles. The monoisotopic (exact) mass is 305 g/mol. The lowest BCUT2D eigenvalue weighted by molar-refractivity contribution is -0.137. The van der Waals surface area contributed by atoms with Crippen LogP contribution in [-0.2, 0) is 14.8 Å². The van der Waals surface area contributed by atoms with Crippen molar-refractivity contribution < 1.29 is 27.4 Å². The van der Waals surface area contributed by atoms with Crippen LogP contribution in [0.4, 0.5) is 4.39 Å². The molecule has 0 heterocycles. The number of halogens is 1. The van der Waals surface area contributed by atoms with Gasteiger partial charge in [-0.15, -0.1) is 0 Å². The third kappa shape index (κ3) is 5.54. The van der Waals surface area contributed by atoms with Crippen LogP contribution in [0.3, 0.4) is 0 Å². The van der Waals surface area contributed by atoms with Crippen LogP contribution in [0.2, 0.25) is 0 Å². The normalized spacial score (nSPS) is 11.3. The van der Waals surface area contributed by atoms with Crippen LogP contribution >= 0.6 is 0 Å². The predicted molar refractivity (Wildman–Crippen MR) is 69.4 cm³/mol. The molecule has 0 aromatic heterocycles. The minimum Gasteiger partial charge on any atom is -0.491 e. The molecule has 3 N–H and O–H groups in total. The molecule has 20 heavy (non-hydrogen) atoms. The molecule has 0 spiro atoms. The van der Waals surface area contributed by atoms with E-state index in [9.17, 15) is 17.6 Å². The Morgan fingerprint density at radius 3 is 2.55 bits per heavy atom. The Hall–Kier alpha value is -1.67. The zero-order chi connectivity index (χ0) is 15.2. The Morgan fingerprint density at radius 2 is 2.00 bits per heavy atom. The van der Waals surface area contributed by atoms with Gasteiger partial charge in [0.25, 0.3) is 0 Å². The molecule has 0 amide bonds. The quantitative estimate of drug-likeness (QED) is 0.708. The highest BCUT2D eigenvalue weighted by atomic mass is 32.2. The smallest absolute Gasteiger partial charge is 0.303 e. The maximum Gasteiger partial charge on any atom is 0.303 e. The van der Waals surface area contributed by atoms with Gasteiger partial charge in [-0.05, 0) is 37.5 Å². The first-order chi connectivity index (χ1) is 9.30. The van der Waals surface area contributed by atoms with E-state index >= 15 is 0 Å². The SMILES string of the molecule is NS(=O)(=O)c1ccc(OCCCCCC(=O)O)c(F)c1. The number of carboxylic acids is 1. The highest BCUT2D eigenvalue weighted by Crippen LogP contribution is 2.20. The minimum atomic E-state index is -3.93. The van der Waals surface area contributed by atoms with Gasteiger partial charge >= 0.3 is 5.97 Å². The fraction of sp³-hybridized carbons (Fsp3) is 0.417. The van der Waals surface area contributed by atoms with Crippen molar-refractivity contribution in [2.45, 2.75) is 30.6 Å². The molecule has 0 aliphatic heterocycles. The maximum absolute atomic E-state index is 13.5. The maximum atomic E-state index is 13.5. The molecule has 1 aromatic rings. The molecule has 6 nitrogen and oxygen atoms in total. The van der Waals surface area contributed by atoms with Gasteiger partial charge in [0.2, 0.25) is 10.0 Å². The largest absolute Gasteiger partial charge is 0.491 e. The number of aliphatic carboxylic acids is 1. The van der Waals surface area contributed by atoms with E-state index in [1.54, 1.807) is 0 Å². The number of carbonyl (C=O) groups is 1. The number of hydrogen-bond donors (Lipinski definition) is 2. The Bertz CT molecular complexity index is 573. The van der Waals surface area contributed by atoms with Crippen LogP contribution in [0, 0.1) is 5.82 Å². The van der Waals surface area contributed by atoms with Crippen molar-refractivity contribution in [2.24, 2.45) is 5.14 Å². The van der Waals surface area contributed by atoms with E-state index in [2.05, 4.69) is 0 Å². The number of benzene rings is 1. The fourth-order valence-electron chi connectivity index (χ4n) is 1.51. The van der Waals surface area contributed by atoms with Gasteiger partial charge in [0.15, 0.2) is 11.6 Å². The summed E-state index contributed by atoms with van der Waals surface area (Å²) in [5.74, 6) is -1.71. The lowest BCUT2D eigenvalue weighted by Gasteiger charge is -2.08. The summed E-state index contributed by atoms with van der Waals surface area (Å²) >= 11 is 0. The number of nitrogens with two attached hydrogens (primary N) is 1. The molecule has 0 fully saturated rings. The molecule has 0 saturated heterocycles. The summed E-state index contributed by atoms with van der Waals surface area (Å²) in [6, 6.07) is 3.17. The van der Waals surface area contributed by atoms with Gasteiger partial charge < -0.3 is 9.84 Å². The van der Waals surface area contributed by atoms with Crippen LogP contribution < -0.4 is 9.88 Å². The third-order valence-corrected chi connectivity index (χ3v) is 3.44. The van der Waals surface area contributed by atoms with Crippen molar-refractivity contribution >= 4 is 16.0 Å². The number of unbranched alkanes of at least 4 members (excludes halogenated alkanes) is 2. The van der Waals surface area contributed by atoms with Crippen molar-refractivity contribution in [1.29, 1.82) is 0 Å². The Morgan fingerprint density at radius 1 is 1.30 bits per heavy atom. The lowest BCUT2D eigenvalue weighted by Crippen LogP contribution is -2.12. The summed E-state index contributed by atoms with van der Waals surface area (Å²) in [5.41, 5.74) is 0. The van der Waals surface area contributed by atoms with Crippen LogP contribution in [0.5, 0.6) is 5.75 Å². The fourth-order valence-corrected chi connectivity index (χ4v) is 2.04. The second-order valence-corrected chi connectivity index (χ2v) is 5.75. The first kappa shape index (κ1) is 16.4. The molecule has 0 unspecified atom stereocenters. The second kappa shape index (κ2) is 7.20. The predicted octanol–water partition coefficient (Wildman–Crippen LogP) is 1.50. The Labute approximate surface area is 116 Å². The molecule has 0 saturated carbocycles. The molecule has 0 bridgehead atoms. The number of carboxylic acid groups (broad SMARTS) is 1. The highest BCUT2D eigenvalue weighted by molar-refractivity contribution is 7.89. The van der Waals surface area contributed by atoms with E-state index in [0.717, 1.165) is 12.1 Å². The summed E-state index contributed by atoms with van der Waals surface area (Å²) in [6.07, 6.45) is 1.87. The van der Waals surface area contributed by atoms with Crippen molar-refractivity contribution in [3.63, 3.8) is 0 Å². The summed E-state index contributed by atoms with van der Waals surface area (Å²) in [4.78, 5) is 9.95. The highest BCUT2D eigenvalue weighted by Gasteiger charge is 2.12. The molecule has 112 valence electrons. The van der Waals surface area contributed by atoms with Gasteiger partial charge in [-0.3, -0.25) is 4.79 Å². The van der Waals surface area contributed by atoms with E-state index < -0.39 is 21.8 Å². The Kier molecular flexibility index (Phi) is 5.90. The van der Waals surface area contributed by atoms with Crippen LogP contribution in [0.1, 0.15) is 25.7 Å². The first-order valence-corrected chi connectivity index (χ1v) is 7.52. The van der Waals surface area contributed by atoms with Gasteiger partial charge in [-0.1, -0.05) is 0 Å². The van der Waals surface area contributed by atoms with Crippen LogP contribution in [0.15, 0.2) is 23.1 Å². The van der Waals surface area contributed by atoms with E-state index in [1.165, 1.54) is 6.07 Å². The minimum absolute atomic E-state index is 0.0596. The summed E-state index contributed by atoms with van der Waals surface area (Å²) < 4.78 is 40.7. The summed E-state index contributed by atoms with van der Waals surface area (Å²) in [7, 11) is -3.93. The molecule has 1 rings (SSSR count). The number of primary sulfonamides is 1. The van der Waals surface area contributed by atoms with E-state index in [0.29, 0.717) is 19.3 Å². The topological polar surface area (TPSA) is 107 Å². The van der Waals surface area contributed by atoms with Crippen molar-refractivity contribution in [3.8, 4) is 5.75 Å². The molecule has 0 atom stereocenters. The van der Waals surface area contributed by atoms with Crippen molar-refractivity contribution in [1.82, 2.24) is 0 Å². The number of sulfonamides is 1. The average molecular weight is 305 g/mol. The van der Waals surface area contributed by atoms with Gasteiger partial charge in [0, 0.05) is 6.42 Å². The molecule has 8 heteroatoms. The average Bonchev–Trinajstić information content (AvgIpc) is 2.33. The number of hydrogen-bond acceptors (Lipinski definition) is 4. The van der Waals surface area contributed by atoms with E-state index in [4.69, 9.17) is 15.0 Å². The third-order valence-electron chi connectivity index (χ3n) is 2.52. The zero-order valence-corrected chi connectivity index (χ0v) is 11.5. The van der Waals surface area contributed by atoms with Crippen molar-refractivity contribution in [2.75, 3.05) is 6.61 Å². The number of rotatable bonds is 8. The van der Waals surface area contributed by atoms with E-state index in [-0.39, 0.29) is 23.7 Å². The van der Waals surface area contributed by atoms with Crippen molar-refractivity contribution in [3.05, 3.63) is 24.0 Å². The molecule has 0 aliphatic rings. The molecule has 0 aliphatic carbocycles. The van der Waals surface area contributed by atoms with Crippen LogP contribution in [-0.4, -0.2) is 26.1 Å². The number of ether oxygens (including phenoxy) is 1. The second-order valence-electron chi connectivity index (χ2n) is 4.19. The van der Waals surface area contributed by atoms with Crippen LogP contribution in [0.25, 0.3) is 0 Å². The standard InChI is InChI=1S/C12H16FNO5S/c13-10-8-9(20(14,17)18)5-6-11(10)19-7-3-1-2-4-12(15)16/h5-6,8H,1-4,7H2,(H,15,16)(H2,14,17,18). The molecular formula is C12H16FNO5S. The Balaban J connectivity index is 2.44. The zero-order valence-electron chi connectivity index (χ0n) is 10.7. The first-order valence-electron chi connectivity index (χ1n) is 5.97. The summed E-state index contributed by atoms with van der Waals surface area (Å²) in [5, 5.41) is 13.3. The summed E-state index contributed by atoms with van der Waals surface area (Å²) in [6.45, 7) is 0.227. The van der Waals surface area contributed by atoms with Gasteiger partial charge in [0.1, 0.15) is 0 Å². The van der Waals surface area contributed by atoms with Gasteiger partial charge in [-0.25, -0.2) is 17.9 Å². The molecular weight excluding hydrogens is 289 g/mol. The van der Waals surface area contributed by atoms with E-state index in [1.807, 2.05) is 0 Å².